The van der Waals surface area contributed by atoms with Crippen LogP contribution in [0.1, 0.15) is 22.8 Å². The van der Waals surface area contributed by atoms with Gasteiger partial charge in [0.2, 0.25) is 0 Å². The van der Waals surface area contributed by atoms with E-state index in [1.54, 1.807) is 25.0 Å². The molecule has 1 N–H and O–H groups in total. The lowest BCUT2D eigenvalue weighted by molar-refractivity contribution is -0.917. The molecule has 0 unspecified atom stereocenters. The molecule has 2 aromatic rings. The molecular formula is C21H26N3O5+. The molecule has 1 fully saturated rings. The minimum Gasteiger partial charge on any atom is -0.497 e. The van der Waals surface area contributed by atoms with Gasteiger partial charge in [-0.15, -0.1) is 0 Å². The molecule has 1 amide bonds. The molecule has 0 aromatic heterocycles. The van der Waals surface area contributed by atoms with Gasteiger partial charge in [0.05, 0.1) is 44.8 Å². The van der Waals surface area contributed by atoms with Crippen molar-refractivity contribution in [2.45, 2.75) is 13.5 Å². The third kappa shape index (κ3) is 5.03. The highest BCUT2D eigenvalue weighted by atomic mass is 16.6. The fourth-order valence-corrected chi connectivity index (χ4v) is 3.49. The van der Waals surface area contributed by atoms with Crippen LogP contribution in [0.3, 0.4) is 0 Å². The summed E-state index contributed by atoms with van der Waals surface area (Å²) in [7, 11) is 1.65. The molecule has 29 heavy (non-hydrogen) atoms. The van der Waals surface area contributed by atoms with Gasteiger partial charge in [-0.05, 0) is 43.3 Å². The number of piperazine rings is 1. The molecule has 0 radical (unpaired) electrons. The lowest BCUT2D eigenvalue weighted by Crippen LogP contribution is -3.13. The van der Waals surface area contributed by atoms with Gasteiger partial charge in [-0.25, -0.2) is 0 Å². The Labute approximate surface area is 169 Å². The molecule has 2 aromatic carbocycles. The smallest absolute Gasteiger partial charge is 0.311 e. The van der Waals surface area contributed by atoms with Gasteiger partial charge < -0.3 is 19.3 Å². The zero-order valence-corrected chi connectivity index (χ0v) is 16.7. The molecule has 1 aliphatic rings. The van der Waals surface area contributed by atoms with E-state index in [1.807, 2.05) is 12.1 Å². The van der Waals surface area contributed by atoms with E-state index < -0.39 is 4.92 Å². The number of nitrogens with zero attached hydrogens (tertiary/aromatic N) is 2. The van der Waals surface area contributed by atoms with Crippen LogP contribution in [0.4, 0.5) is 5.69 Å². The van der Waals surface area contributed by atoms with Gasteiger partial charge in [0.1, 0.15) is 12.3 Å². The van der Waals surface area contributed by atoms with E-state index in [4.69, 9.17) is 9.47 Å². The van der Waals surface area contributed by atoms with Crippen molar-refractivity contribution in [2.24, 2.45) is 0 Å². The topological polar surface area (TPSA) is 86.3 Å². The number of nitro benzene ring substituents is 1. The molecule has 8 nitrogen and oxygen atoms in total. The number of methoxy groups -OCH3 is 1. The second-order valence-corrected chi connectivity index (χ2v) is 6.94. The van der Waals surface area contributed by atoms with Gasteiger partial charge in [-0.1, -0.05) is 0 Å². The quantitative estimate of drug-likeness (QED) is 0.563. The average molecular weight is 400 g/mol. The first-order chi connectivity index (χ1) is 14.0. The predicted octanol–water partition coefficient (Wildman–Crippen LogP) is 1.54. The number of rotatable bonds is 7. The second-order valence-electron chi connectivity index (χ2n) is 6.94. The number of benzene rings is 2. The predicted molar refractivity (Wildman–Crippen MR) is 108 cm³/mol. The molecular weight excluding hydrogens is 374 g/mol. The van der Waals surface area contributed by atoms with Crippen LogP contribution >= 0.6 is 0 Å². The summed E-state index contributed by atoms with van der Waals surface area (Å²) in [4.78, 5) is 26.8. The van der Waals surface area contributed by atoms with Crippen molar-refractivity contribution in [3.8, 4) is 11.5 Å². The van der Waals surface area contributed by atoms with Crippen LogP contribution in [0.15, 0.2) is 42.5 Å². The van der Waals surface area contributed by atoms with Crippen LogP contribution in [0.5, 0.6) is 11.5 Å². The number of hydrogen-bond donors (Lipinski definition) is 1. The molecule has 8 heteroatoms. The molecule has 154 valence electrons. The van der Waals surface area contributed by atoms with E-state index in [0.29, 0.717) is 25.3 Å². The van der Waals surface area contributed by atoms with Gasteiger partial charge in [0.25, 0.3) is 5.91 Å². The standard InChI is InChI=1S/C21H25N3O5/c1-3-29-20-9-6-17(14-19(20)24(26)27)21(25)23-12-10-22(11-13-23)15-16-4-7-18(28-2)8-5-16/h4-9,14H,3,10-13,15H2,1-2H3/p+1. The number of nitro groups is 1. The van der Waals surface area contributed by atoms with E-state index in [-0.39, 0.29) is 17.3 Å². The van der Waals surface area contributed by atoms with Crippen LogP contribution < -0.4 is 14.4 Å². The summed E-state index contributed by atoms with van der Waals surface area (Å²) in [5, 5.41) is 11.3. The van der Waals surface area contributed by atoms with Gasteiger partial charge in [-0.2, -0.15) is 0 Å². The van der Waals surface area contributed by atoms with E-state index in [1.165, 1.54) is 22.6 Å². The number of carbonyl (C=O) groups is 1. The molecule has 0 spiro atoms. The Hall–Kier alpha value is -3.13. The van der Waals surface area contributed by atoms with Crippen molar-refractivity contribution in [2.75, 3.05) is 39.9 Å². The summed E-state index contributed by atoms with van der Waals surface area (Å²) in [6.45, 7) is 5.87. The monoisotopic (exact) mass is 400 g/mol. The Balaban J connectivity index is 1.60. The fourth-order valence-electron chi connectivity index (χ4n) is 3.49. The lowest BCUT2D eigenvalue weighted by Gasteiger charge is -2.32. The van der Waals surface area contributed by atoms with Crippen molar-refractivity contribution < 1.29 is 24.1 Å². The Kier molecular flexibility index (Phi) is 6.66. The molecule has 3 rings (SSSR count). The Morgan fingerprint density at radius 2 is 1.86 bits per heavy atom. The van der Waals surface area contributed by atoms with Gasteiger partial charge in [0, 0.05) is 17.2 Å². The highest BCUT2D eigenvalue weighted by molar-refractivity contribution is 5.95. The van der Waals surface area contributed by atoms with Crippen molar-refractivity contribution in [1.82, 2.24) is 4.90 Å². The molecule has 0 saturated carbocycles. The SMILES string of the molecule is CCOc1ccc(C(=O)N2CC[NH+](Cc3ccc(OC)cc3)CC2)cc1[N+](=O)[O-]. The van der Waals surface area contributed by atoms with Crippen molar-refractivity contribution in [1.29, 1.82) is 0 Å². The molecule has 1 heterocycles. The summed E-state index contributed by atoms with van der Waals surface area (Å²) >= 11 is 0. The normalized spacial score (nSPS) is 14.5. The van der Waals surface area contributed by atoms with E-state index in [9.17, 15) is 14.9 Å². The third-order valence-electron chi connectivity index (χ3n) is 5.07. The first-order valence-corrected chi connectivity index (χ1v) is 9.68. The number of quaternary nitrogens is 1. The van der Waals surface area contributed by atoms with Crippen LogP contribution in [0.2, 0.25) is 0 Å². The number of hydrogen-bond acceptors (Lipinski definition) is 5. The van der Waals surface area contributed by atoms with E-state index in [2.05, 4.69) is 12.1 Å². The van der Waals surface area contributed by atoms with Crippen LogP contribution in [0, 0.1) is 10.1 Å². The number of nitrogens with one attached hydrogen (secondary N) is 1. The van der Waals surface area contributed by atoms with Gasteiger partial charge in [-0.3, -0.25) is 14.9 Å². The van der Waals surface area contributed by atoms with E-state index >= 15 is 0 Å². The Bertz CT molecular complexity index is 861. The summed E-state index contributed by atoms with van der Waals surface area (Å²) in [6, 6.07) is 12.4. The van der Waals surface area contributed by atoms with Gasteiger partial charge >= 0.3 is 5.69 Å². The number of carbonyl (C=O) groups excluding carboxylic acids is 1. The van der Waals surface area contributed by atoms with Crippen LogP contribution in [-0.2, 0) is 6.54 Å². The highest BCUT2D eigenvalue weighted by Crippen LogP contribution is 2.28. The summed E-state index contributed by atoms with van der Waals surface area (Å²) in [5.41, 5.74) is 1.36. The highest BCUT2D eigenvalue weighted by Gasteiger charge is 2.26. The zero-order chi connectivity index (χ0) is 20.8. The Morgan fingerprint density at radius 3 is 2.45 bits per heavy atom. The first-order valence-electron chi connectivity index (χ1n) is 9.68. The van der Waals surface area contributed by atoms with Crippen molar-refractivity contribution >= 4 is 11.6 Å². The summed E-state index contributed by atoms with van der Waals surface area (Å²) in [5.74, 6) is 0.839. The maximum absolute atomic E-state index is 12.8. The Morgan fingerprint density at radius 1 is 1.17 bits per heavy atom. The minimum absolute atomic E-state index is 0.179. The number of ether oxygens (including phenoxy) is 2. The van der Waals surface area contributed by atoms with Crippen molar-refractivity contribution in [3.63, 3.8) is 0 Å². The lowest BCUT2D eigenvalue weighted by atomic mass is 10.1. The molecule has 0 atom stereocenters. The van der Waals surface area contributed by atoms with Gasteiger partial charge in [0.15, 0.2) is 5.75 Å². The molecule has 1 saturated heterocycles. The van der Waals surface area contributed by atoms with Crippen LogP contribution in [-0.4, -0.2) is 55.6 Å². The summed E-state index contributed by atoms with van der Waals surface area (Å²) in [6.07, 6.45) is 0. The average Bonchev–Trinajstić information content (AvgIpc) is 2.74. The minimum atomic E-state index is -0.515. The molecule has 0 bridgehead atoms. The fraction of sp³-hybridized carbons (Fsp3) is 0.381. The van der Waals surface area contributed by atoms with E-state index in [0.717, 1.165) is 25.4 Å². The van der Waals surface area contributed by atoms with Crippen LogP contribution in [0.25, 0.3) is 0 Å². The molecule has 0 aliphatic carbocycles. The maximum atomic E-state index is 12.8. The van der Waals surface area contributed by atoms with Crippen molar-refractivity contribution in [3.05, 3.63) is 63.7 Å². The second kappa shape index (κ2) is 9.38. The summed E-state index contributed by atoms with van der Waals surface area (Å²) < 4.78 is 10.5. The third-order valence-corrected chi connectivity index (χ3v) is 5.07. The number of amides is 1. The zero-order valence-electron chi connectivity index (χ0n) is 16.7. The largest absolute Gasteiger partial charge is 0.497 e. The maximum Gasteiger partial charge on any atom is 0.311 e. The molecule has 1 aliphatic heterocycles. The first kappa shape index (κ1) is 20.6.